The fraction of sp³-hybridized carbons (Fsp3) is 0.159. The molecule has 0 heterocycles. The van der Waals surface area contributed by atoms with Gasteiger partial charge in [-0.15, -0.1) is 0 Å². The third-order valence-corrected chi connectivity index (χ3v) is 9.43. The molecule has 0 saturated carbocycles. The molecule has 0 amide bonds. The Balaban J connectivity index is 1.13. The first-order valence-electron chi connectivity index (χ1n) is 16.1. The summed E-state index contributed by atoms with van der Waals surface area (Å²) in [6.07, 6.45) is 0. The maximum atomic E-state index is 12.8. The standard InChI is InChI=1S/C44H39ClO3/c1-30-9-21-38(22-10-30)47-40-25-15-33(16-26-40)43(2,3)35-7-6-8-36(29-35)44(4,5)34-17-27-41(28-18-34)48-39-23-13-32(14-24-39)42(46)31-11-19-37(45)20-12-31/h6-29H,1-5H3. The average Bonchev–Trinajstić information content (AvgIpc) is 3.10. The number of halogens is 1. The zero-order valence-electron chi connectivity index (χ0n) is 28.0. The molecule has 0 aliphatic carbocycles. The molecule has 6 aromatic rings. The van der Waals surface area contributed by atoms with E-state index >= 15 is 0 Å². The highest BCUT2D eigenvalue weighted by Crippen LogP contribution is 2.38. The lowest BCUT2D eigenvalue weighted by molar-refractivity contribution is 0.103. The van der Waals surface area contributed by atoms with Gasteiger partial charge in [-0.25, -0.2) is 0 Å². The minimum Gasteiger partial charge on any atom is -0.457 e. The van der Waals surface area contributed by atoms with Crippen molar-refractivity contribution in [1.29, 1.82) is 0 Å². The van der Waals surface area contributed by atoms with Crippen molar-refractivity contribution in [2.24, 2.45) is 0 Å². The predicted octanol–water partition coefficient (Wildman–Crippen LogP) is 12.1. The molecule has 48 heavy (non-hydrogen) atoms. The molecule has 0 spiro atoms. The molecule has 3 nitrogen and oxygen atoms in total. The van der Waals surface area contributed by atoms with Gasteiger partial charge in [-0.05, 0) is 114 Å². The summed E-state index contributed by atoms with van der Waals surface area (Å²) in [4.78, 5) is 12.8. The second-order valence-corrected chi connectivity index (χ2v) is 13.7. The van der Waals surface area contributed by atoms with Gasteiger partial charge in [-0.2, -0.15) is 0 Å². The highest BCUT2D eigenvalue weighted by Gasteiger charge is 2.28. The van der Waals surface area contributed by atoms with Crippen molar-refractivity contribution in [3.63, 3.8) is 0 Å². The SMILES string of the molecule is Cc1ccc(Oc2ccc(C(C)(C)c3cccc(C(C)(C)c4ccc(Oc5ccc(C(=O)c6ccc(Cl)cc6)cc5)cc4)c3)cc2)cc1. The smallest absolute Gasteiger partial charge is 0.193 e. The van der Waals surface area contributed by atoms with E-state index in [1.54, 1.807) is 36.4 Å². The molecule has 6 rings (SSSR count). The van der Waals surface area contributed by atoms with Crippen molar-refractivity contribution in [2.75, 3.05) is 0 Å². The molecule has 0 radical (unpaired) electrons. The Labute approximate surface area is 288 Å². The molecule has 0 aliphatic heterocycles. The van der Waals surface area contributed by atoms with Crippen LogP contribution in [0.25, 0.3) is 0 Å². The van der Waals surface area contributed by atoms with Gasteiger partial charge in [-0.1, -0.05) is 106 Å². The van der Waals surface area contributed by atoms with E-state index < -0.39 is 0 Å². The minimum absolute atomic E-state index is 0.0568. The van der Waals surface area contributed by atoms with E-state index in [4.69, 9.17) is 21.1 Å². The second kappa shape index (κ2) is 13.5. The monoisotopic (exact) mass is 650 g/mol. The Morgan fingerprint density at radius 2 is 0.833 bits per heavy atom. The summed E-state index contributed by atoms with van der Waals surface area (Å²) >= 11 is 5.96. The van der Waals surface area contributed by atoms with Gasteiger partial charge in [0.15, 0.2) is 5.78 Å². The Hall–Kier alpha value is -5.12. The molecule has 0 bridgehead atoms. The lowest BCUT2D eigenvalue weighted by Gasteiger charge is -2.31. The molecule has 0 atom stereocenters. The van der Waals surface area contributed by atoms with Crippen molar-refractivity contribution < 1.29 is 14.3 Å². The van der Waals surface area contributed by atoms with Crippen molar-refractivity contribution in [3.8, 4) is 23.0 Å². The van der Waals surface area contributed by atoms with E-state index in [0.29, 0.717) is 21.9 Å². The predicted molar refractivity (Wildman–Crippen MR) is 196 cm³/mol. The van der Waals surface area contributed by atoms with Crippen LogP contribution in [0.3, 0.4) is 0 Å². The quantitative estimate of drug-likeness (QED) is 0.138. The van der Waals surface area contributed by atoms with Gasteiger partial charge in [0.2, 0.25) is 0 Å². The topological polar surface area (TPSA) is 35.5 Å². The number of hydrogen-bond acceptors (Lipinski definition) is 3. The summed E-state index contributed by atoms with van der Waals surface area (Å²) in [5.41, 5.74) is 6.85. The van der Waals surface area contributed by atoms with Crippen LogP contribution in [0.4, 0.5) is 0 Å². The van der Waals surface area contributed by atoms with E-state index in [2.05, 4.69) is 95.3 Å². The van der Waals surface area contributed by atoms with Gasteiger partial charge in [0, 0.05) is 27.0 Å². The van der Waals surface area contributed by atoms with Gasteiger partial charge in [0.25, 0.3) is 0 Å². The van der Waals surface area contributed by atoms with E-state index in [-0.39, 0.29) is 16.6 Å². The number of ether oxygens (including phenoxy) is 2. The Morgan fingerprint density at radius 1 is 0.479 bits per heavy atom. The highest BCUT2D eigenvalue weighted by molar-refractivity contribution is 6.30. The summed E-state index contributed by atoms with van der Waals surface area (Å²) in [5.74, 6) is 3.00. The number of rotatable bonds is 10. The molecule has 6 aromatic carbocycles. The number of carbonyl (C=O) groups excluding carboxylic acids is 1. The fourth-order valence-electron chi connectivity index (χ4n) is 5.83. The van der Waals surface area contributed by atoms with Crippen LogP contribution in [0, 0.1) is 6.92 Å². The summed E-state index contributed by atoms with van der Waals surface area (Å²) in [5, 5.41) is 0.602. The van der Waals surface area contributed by atoms with Gasteiger partial charge in [-0.3, -0.25) is 4.79 Å². The Bertz CT molecular complexity index is 2010. The minimum atomic E-state index is -0.236. The molecule has 0 fully saturated rings. The maximum absolute atomic E-state index is 12.8. The van der Waals surface area contributed by atoms with Crippen LogP contribution in [0.5, 0.6) is 23.0 Å². The van der Waals surface area contributed by atoms with Crippen molar-refractivity contribution in [2.45, 2.75) is 45.4 Å². The molecular weight excluding hydrogens is 612 g/mol. The van der Waals surface area contributed by atoms with E-state index in [1.165, 1.54) is 27.8 Å². The Kier molecular flexibility index (Phi) is 9.26. The molecular formula is C44H39ClO3. The van der Waals surface area contributed by atoms with Crippen LogP contribution in [-0.4, -0.2) is 5.78 Å². The van der Waals surface area contributed by atoms with Crippen LogP contribution >= 0.6 is 11.6 Å². The third kappa shape index (κ3) is 7.22. The average molecular weight is 651 g/mol. The van der Waals surface area contributed by atoms with Crippen LogP contribution in [0.15, 0.2) is 146 Å². The lowest BCUT2D eigenvalue weighted by atomic mass is 9.73. The molecule has 4 heteroatoms. The van der Waals surface area contributed by atoms with E-state index in [0.717, 1.165) is 17.2 Å². The van der Waals surface area contributed by atoms with E-state index in [1.807, 2.05) is 48.5 Å². The number of ketones is 1. The zero-order valence-corrected chi connectivity index (χ0v) is 28.7. The number of aryl methyl sites for hydroxylation is 1. The van der Waals surface area contributed by atoms with Crippen LogP contribution in [0.1, 0.15) is 71.4 Å². The zero-order chi connectivity index (χ0) is 33.9. The summed E-state index contributed by atoms with van der Waals surface area (Å²) in [7, 11) is 0. The molecule has 0 N–H and O–H groups in total. The van der Waals surface area contributed by atoms with Gasteiger partial charge in [0.1, 0.15) is 23.0 Å². The molecule has 0 unspecified atom stereocenters. The fourth-order valence-corrected chi connectivity index (χ4v) is 5.96. The summed E-state index contributed by atoms with van der Waals surface area (Å²) in [6, 6.07) is 47.8. The number of carbonyl (C=O) groups is 1. The first-order chi connectivity index (χ1) is 23.0. The molecule has 0 aliphatic rings. The van der Waals surface area contributed by atoms with Gasteiger partial charge >= 0.3 is 0 Å². The molecule has 240 valence electrons. The second-order valence-electron chi connectivity index (χ2n) is 13.3. The summed E-state index contributed by atoms with van der Waals surface area (Å²) < 4.78 is 12.2. The maximum Gasteiger partial charge on any atom is 0.193 e. The van der Waals surface area contributed by atoms with Gasteiger partial charge < -0.3 is 9.47 Å². The van der Waals surface area contributed by atoms with Crippen LogP contribution in [0.2, 0.25) is 5.02 Å². The first-order valence-corrected chi connectivity index (χ1v) is 16.5. The van der Waals surface area contributed by atoms with Crippen molar-refractivity contribution in [3.05, 3.63) is 190 Å². The highest BCUT2D eigenvalue weighted by atomic mass is 35.5. The lowest BCUT2D eigenvalue weighted by Crippen LogP contribution is -2.22. The van der Waals surface area contributed by atoms with Crippen LogP contribution < -0.4 is 9.47 Å². The Morgan fingerprint density at radius 3 is 1.25 bits per heavy atom. The summed E-state index contributed by atoms with van der Waals surface area (Å²) in [6.45, 7) is 11.1. The first kappa shape index (κ1) is 32.8. The normalized spacial score (nSPS) is 11.6. The number of benzene rings is 6. The molecule has 0 saturated heterocycles. The van der Waals surface area contributed by atoms with Crippen molar-refractivity contribution >= 4 is 17.4 Å². The third-order valence-electron chi connectivity index (χ3n) is 9.17. The van der Waals surface area contributed by atoms with Gasteiger partial charge in [0.05, 0.1) is 0 Å². The number of hydrogen-bond donors (Lipinski definition) is 0. The largest absolute Gasteiger partial charge is 0.457 e. The molecule has 0 aromatic heterocycles. The van der Waals surface area contributed by atoms with Crippen molar-refractivity contribution in [1.82, 2.24) is 0 Å². The van der Waals surface area contributed by atoms with E-state index in [9.17, 15) is 4.79 Å². The van der Waals surface area contributed by atoms with Crippen LogP contribution in [-0.2, 0) is 10.8 Å².